The molecular formula is C49H90O15. The number of unbranched alkanes of at least 4 members (excludes halogenated alkanes) is 23. The van der Waals surface area contributed by atoms with Crippen molar-refractivity contribution in [2.75, 3.05) is 26.4 Å². The molecule has 0 radical (unpaired) electrons. The number of esters is 2. The molecule has 2 aliphatic rings. The minimum atomic E-state index is -1.76. The molecule has 2 saturated heterocycles. The monoisotopic (exact) mass is 919 g/mol. The summed E-state index contributed by atoms with van der Waals surface area (Å²) in [6, 6.07) is 0. The zero-order valence-electron chi connectivity index (χ0n) is 39.5. The van der Waals surface area contributed by atoms with Gasteiger partial charge in [0.2, 0.25) is 0 Å². The molecule has 0 aromatic heterocycles. The highest BCUT2D eigenvalue weighted by Gasteiger charge is 2.47. The number of carbonyl (C=O) groups is 2. The highest BCUT2D eigenvalue weighted by molar-refractivity contribution is 5.70. The standard InChI is InChI=1S/C49H90O15/c1-3-5-7-9-11-13-15-17-18-20-21-23-25-27-29-31-40(51)59-34-37(62-41(52)32-30-28-26-24-22-19-16-14-12-10-8-6-4-2)35-60-48-47(58)45(56)43(54)39(64-48)36-61-49-46(57)44(55)42(53)38(33-50)63-49/h14,16,37-39,42-50,53-58H,3-13,15,17-36H2,1-2H3/b16-14-. The van der Waals surface area contributed by atoms with Gasteiger partial charge in [-0.15, -0.1) is 0 Å². The Morgan fingerprint density at radius 3 is 1.39 bits per heavy atom. The van der Waals surface area contributed by atoms with E-state index in [1.54, 1.807) is 0 Å². The Bertz CT molecular complexity index is 1170. The van der Waals surface area contributed by atoms with E-state index in [1.165, 1.54) is 96.3 Å². The predicted molar refractivity (Wildman–Crippen MR) is 243 cm³/mol. The van der Waals surface area contributed by atoms with E-state index in [0.29, 0.717) is 12.8 Å². The summed E-state index contributed by atoms with van der Waals surface area (Å²) >= 11 is 0. The Labute approximate surface area is 384 Å². The normalized spacial score (nSPS) is 26.6. The van der Waals surface area contributed by atoms with Gasteiger partial charge in [-0.05, 0) is 38.5 Å². The van der Waals surface area contributed by atoms with Crippen molar-refractivity contribution in [2.45, 2.75) is 261 Å². The number of aliphatic hydroxyl groups is 7. The molecule has 376 valence electrons. The van der Waals surface area contributed by atoms with E-state index in [9.17, 15) is 45.3 Å². The van der Waals surface area contributed by atoms with Crippen LogP contribution in [0.4, 0.5) is 0 Å². The largest absolute Gasteiger partial charge is 0.462 e. The van der Waals surface area contributed by atoms with E-state index in [2.05, 4.69) is 26.0 Å². The molecule has 11 unspecified atom stereocenters. The van der Waals surface area contributed by atoms with Crippen molar-refractivity contribution in [3.05, 3.63) is 12.2 Å². The number of ether oxygens (including phenoxy) is 6. The first-order chi connectivity index (χ1) is 31.0. The third kappa shape index (κ3) is 25.4. The third-order valence-electron chi connectivity index (χ3n) is 12.2. The van der Waals surface area contributed by atoms with Crippen LogP contribution in [0.3, 0.4) is 0 Å². The average Bonchev–Trinajstić information content (AvgIpc) is 3.29. The number of hydrogen-bond acceptors (Lipinski definition) is 15. The van der Waals surface area contributed by atoms with Crippen molar-refractivity contribution in [3.63, 3.8) is 0 Å². The summed E-state index contributed by atoms with van der Waals surface area (Å²) < 4.78 is 33.5. The van der Waals surface area contributed by atoms with E-state index >= 15 is 0 Å². The lowest BCUT2D eigenvalue weighted by Crippen LogP contribution is -2.61. The van der Waals surface area contributed by atoms with Crippen LogP contribution in [0.25, 0.3) is 0 Å². The second kappa shape index (κ2) is 37.2. The Kier molecular flexibility index (Phi) is 34.0. The molecule has 2 rings (SSSR count). The SMILES string of the molecule is CCCCCC/C=C\CCCCCCCC(=O)OC(COC(=O)CCCCCCCCCCCCCCCCC)COC1OC(COC2OC(CO)C(O)C(O)C2O)C(O)C(O)C1O. The number of hydrogen-bond donors (Lipinski definition) is 7. The summed E-state index contributed by atoms with van der Waals surface area (Å²) in [4.78, 5) is 25.7. The van der Waals surface area contributed by atoms with Crippen LogP contribution >= 0.6 is 0 Å². The summed E-state index contributed by atoms with van der Waals surface area (Å²) in [5, 5.41) is 72.0. The zero-order valence-corrected chi connectivity index (χ0v) is 39.5. The van der Waals surface area contributed by atoms with Crippen LogP contribution in [-0.2, 0) is 38.0 Å². The molecule has 15 nitrogen and oxygen atoms in total. The predicted octanol–water partition coefficient (Wildman–Crippen LogP) is 6.60. The maximum Gasteiger partial charge on any atom is 0.306 e. The molecule has 0 amide bonds. The number of allylic oxidation sites excluding steroid dienone is 2. The fourth-order valence-corrected chi connectivity index (χ4v) is 8.04. The third-order valence-corrected chi connectivity index (χ3v) is 12.2. The topological polar surface area (TPSA) is 231 Å². The lowest BCUT2D eigenvalue weighted by atomic mass is 9.98. The smallest absolute Gasteiger partial charge is 0.306 e. The minimum absolute atomic E-state index is 0.159. The van der Waals surface area contributed by atoms with Crippen LogP contribution in [-0.4, -0.2) is 142 Å². The first kappa shape index (κ1) is 58.4. The Hall–Kier alpha value is -1.76. The van der Waals surface area contributed by atoms with Crippen molar-refractivity contribution in [1.29, 1.82) is 0 Å². The zero-order chi connectivity index (χ0) is 46.8. The molecule has 7 N–H and O–H groups in total. The van der Waals surface area contributed by atoms with Crippen LogP contribution in [0.1, 0.15) is 194 Å². The molecule has 0 aromatic rings. The molecule has 2 fully saturated rings. The van der Waals surface area contributed by atoms with Crippen molar-refractivity contribution in [2.24, 2.45) is 0 Å². The number of aliphatic hydroxyl groups excluding tert-OH is 7. The Morgan fingerprint density at radius 2 is 0.891 bits per heavy atom. The van der Waals surface area contributed by atoms with Crippen LogP contribution in [0.5, 0.6) is 0 Å². The summed E-state index contributed by atoms with van der Waals surface area (Å²) in [5.41, 5.74) is 0. The first-order valence-corrected chi connectivity index (χ1v) is 25.3. The second-order valence-corrected chi connectivity index (χ2v) is 18.0. The molecule has 0 aromatic carbocycles. The quantitative estimate of drug-likeness (QED) is 0.0196. The number of rotatable bonds is 39. The summed E-state index contributed by atoms with van der Waals surface area (Å²) in [6.07, 6.45) is 18.1. The van der Waals surface area contributed by atoms with Gasteiger partial charge in [0.1, 0.15) is 55.4 Å². The van der Waals surface area contributed by atoms with Crippen LogP contribution in [0.15, 0.2) is 12.2 Å². The van der Waals surface area contributed by atoms with Gasteiger partial charge in [-0.25, -0.2) is 0 Å². The van der Waals surface area contributed by atoms with Crippen molar-refractivity contribution >= 4 is 11.9 Å². The molecule has 0 aliphatic carbocycles. The first-order valence-electron chi connectivity index (χ1n) is 25.3. The van der Waals surface area contributed by atoms with E-state index in [4.69, 9.17) is 28.4 Å². The van der Waals surface area contributed by atoms with Gasteiger partial charge in [0.05, 0.1) is 19.8 Å². The van der Waals surface area contributed by atoms with Gasteiger partial charge < -0.3 is 64.2 Å². The van der Waals surface area contributed by atoms with Gasteiger partial charge in [-0.2, -0.15) is 0 Å². The van der Waals surface area contributed by atoms with E-state index < -0.39 is 92.7 Å². The Morgan fingerprint density at radius 1 is 0.484 bits per heavy atom. The summed E-state index contributed by atoms with van der Waals surface area (Å²) in [6.45, 7) is 2.58. The van der Waals surface area contributed by atoms with Crippen molar-refractivity contribution < 1.29 is 73.8 Å². The highest BCUT2D eigenvalue weighted by Crippen LogP contribution is 2.26. The number of carbonyl (C=O) groups excluding carboxylic acids is 2. The van der Waals surface area contributed by atoms with Crippen LogP contribution < -0.4 is 0 Å². The molecule has 2 heterocycles. The molecule has 0 bridgehead atoms. The van der Waals surface area contributed by atoms with Gasteiger partial charge in [0.15, 0.2) is 18.7 Å². The van der Waals surface area contributed by atoms with E-state index in [-0.39, 0.29) is 26.1 Å². The van der Waals surface area contributed by atoms with E-state index in [1.807, 2.05) is 0 Å². The molecule has 2 aliphatic heterocycles. The van der Waals surface area contributed by atoms with Gasteiger partial charge >= 0.3 is 11.9 Å². The lowest BCUT2D eigenvalue weighted by Gasteiger charge is -2.42. The molecule has 64 heavy (non-hydrogen) atoms. The molecule has 15 heteroatoms. The second-order valence-electron chi connectivity index (χ2n) is 18.0. The minimum Gasteiger partial charge on any atom is -0.462 e. The Balaban J connectivity index is 1.82. The van der Waals surface area contributed by atoms with Gasteiger partial charge in [0, 0.05) is 12.8 Å². The van der Waals surface area contributed by atoms with Gasteiger partial charge in [-0.1, -0.05) is 154 Å². The molecule has 0 saturated carbocycles. The lowest BCUT2D eigenvalue weighted by molar-refractivity contribution is -0.332. The van der Waals surface area contributed by atoms with Crippen molar-refractivity contribution in [3.8, 4) is 0 Å². The van der Waals surface area contributed by atoms with Gasteiger partial charge in [-0.3, -0.25) is 9.59 Å². The molecular weight excluding hydrogens is 829 g/mol. The fourth-order valence-electron chi connectivity index (χ4n) is 8.04. The summed E-state index contributed by atoms with van der Waals surface area (Å²) in [5.74, 6) is -0.926. The highest BCUT2D eigenvalue weighted by atomic mass is 16.7. The maximum atomic E-state index is 13.0. The van der Waals surface area contributed by atoms with Gasteiger partial charge in [0.25, 0.3) is 0 Å². The van der Waals surface area contributed by atoms with Crippen molar-refractivity contribution in [1.82, 2.24) is 0 Å². The molecule has 11 atom stereocenters. The average molecular weight is 919 g/mol. The maximum absolute atomic E-state index is 13.0. The van der Waals surface area contributed by atoms with Crippen LogP contribution in [0, 0.1) is 0 Å². The fraction of sp³-hybridized carbons (Fsp3) is 0.918. The summed E-state index contributed by atoms with van der Waals surface area (Å²) in [7, 11) is 0. The van der Waals surface area contributed by atoms with Crippen LogP contribution in [0.2, 0.25) is 0 Å². The molecule has 0 spiro atoms. The van der Waals surface area contributed by atoms with E-state index in [0.717, 1.165) is 57.8 Å².